The minimum absolute atomic E-state index is 0.0373. The molecule has 0 radical (unpaired) electrons. The second kappa shape index (κ2) is 9.02. The number of morpholine rings is 1. The summed E-state index contributed by atoms with van der Waals surface area (Å²) in [4.78, 5) is 24.8. The first-order chi connectivity index (χ1) is 15.7. The second-order valence-corrected chi connectivity index (χ2v) is 8.33. The number of thioether (sulfide) groups is 1. The summed E-state index contributed by atoms with van der Waals surface area (Å²) in [5.74, 6) is 0.891. The van der Waals surface area contributed by atoms with Crippen molar-refractivity contribution >= 4 is 34.8 Å². The zero-order valence-corrected chi connectivity index (χ0v) is 18.5. The van der Waals surface area contributed by atoms with Crippen molar-refractivity contribution in [2.45, 2.75) is 4.90 Å². The highest BCUT2D eigenvalue weighted by Crippen LogP contribution is 2.32. The molecule has 7 nitrogen and oxygen atoms in total. The molecule has 32 heavy (non-hydrogen) atoms. The fourth-order valence-corrected chi connectivity index (χ4v) is 4.17. The second-order valence-electron chi connectivity index (χ2n) is 7.45. The third-order valence-corrected chi connectivity index (χ3v) is 6.23. The summed E-state index contributed by atoms with van der Waals surface area (Å²) in [5, 5.41) is 3.49. The summed E-state index contributed by atoms with van der Waals surface area (Å²) in [6, 6.07) is 15.9. The highest BCUT2D eigenvalue weighted by molar-refractivity contribution is 7.98. The van der Waals surface area contributed by atoms with Crippen LogP contribution in [0.2, 0.25) is 0 Å². The summed E-state index contributed by atoms with van der Waals surface area (Å²) in [7, 11) is 0. The van der Waals surface area contributed by atoms with E-state index in [2.05, 4.69) is 40.8 Å². The Balaban J connectivity index is 1.45. The van der Waals surface area contributed by atoms with Gasteiger partial charge in [-0.15, -0.1) is 11.8 Å². The van der Waals surface area contributed by atoms with Crippen molar-refractivity contribution in [1.29, 1.82) is 0 Å². The molecule has 2 aromatic heterocycles. The molecule has 3 heterocycles. The quantitative estimate of drug-likeness (QED) is 0.461. The van der Waals surface area contributed by atoms with Gasteiger partial charge >= 0.3 is 0 Å². The first-order valence-electron chi connectivity index (χ1n) is 10.4. The van der Waals surface area contributed by atoms with E-state index >= 15 is 0 Å². The molecule has 0 atom stereocenters. The number of carbonyl (C=O) groups excluding carboxylic acids is 1. The highest BCUT2D eigenvalue weighted by Gasteiger charge is 2.19. The third-order valence-electron chi connectivity index (χ3n) is 5.49. The Labute approximate surface area is 190 Å². The van der Waals surface area contributed by atoms with Crippen molar-refractivity contribution in [3.05, 3.63) is 72.7 Å². The number of hydrogen-bond donors (Lipinski definition) is 1. The minimum Gasteiger partial charge on any atom is -0.378 e. The molecular formula is C24H23N5O2S. The molecule has 4 aromatic rings. The Morgan fingerprint density at radius 1 is 1.06 bits per heavy atom. The lowest BCUT2D eigenvalue weighted by atomic mass is 10.1. The van der Waals surface area contributed by atoms with Crippen molar-refractivity contribution in [3.63, 3.8) is 0 Å². The van der Waals surface area contributed by atoms with Gasteiger partial charge in [0.15, 0.2) is 5.65 Å². The Hall–Kier alpha value is -3.36. The molecule has 1 saturated heterocycles. The molecule has 1 aliphatic rings. The Kier molecular flexibility index (Phi) is 5.79. The summed E-state index contributed by atoms with van der Waals surface area (Å²) in [6.07, 6.45) is 7.44. The topological polar surface area (TPSA) is 71.8 Å². The van der Waals surface area contributed by atoms with Crippen LogP contribution in [0.5, 0.6) is 0 Å². The van der Waals surface area contributed by atoms with Crippen LogP contribution in [-0.2, 0) is 4.74 Å². The number of ether oxygens (including phenoxy) is 1. The smallest absolute Gasteiger partial charge is 0.254 e. The summed E-state index contributed by atoms with van der Waals surface area (Å²) in [6.45, 7) is 2.45. The van der Waals surface area contributed by atoms with Crippen LogP contribution >= 0.6 is 11.8 Å². The van der Waals surface area contributed by atoms with E-state index < -0.39 is 0 Å². The number of amides is 1. The molecule has 162 valence electrons. The molecule has 0 saturated carbocycles. The number of nitrogens with zero attached hydrogens (tertiary/aromatic N) is 4. The number of fused-ring (bicyclic) bond motifs is 1. The average Bonchev–Trinajstić information content (AvgIpc) is 3.23. The predicted octanol–water partition coefficient (Wildman–Crippen LogP) is 4.33. The van der Waals surface area contributed by atoms with Gasteiger partial charge in [0.05, 0.1) is 19.4 Å². The van der Waals surface area contributed by atoms with Crippen LogP contribution in [0.3, 0.4) is 0 Å². The van der Waals surface area contributed by atoms with Gasteiger partial charge in [-0.1, -0.05) is 12.1 Å². The number of carbonyl (C=O) groups is 1. The van der Waals surface area contributed by atoms with Gasteiger partial charge in [0.1, 0.15) is 11.5 Å². The van der Waals surface area contributed by atoms with Crippen LogP contribution in [0, 0.1) is 0 Å². The van der Waals surface area contributed by atoms with Gasteiger partial charge in [-0.2, -0.15) is 0 Å². The lowest BCUT2D eigenvalue weighted by Gasteiger charge is -2.26. The van der Waals surface area contributed by atoms with Crippen molar-refractivity contribution in [2.75, 3.05) is 37.9 Å². The highest BCUT2D eigenvalue weighted by atomic mass is 32.2. The summed E-state index contributed by atoms with van der Waals surface area (Å²) in [5.41, 5.74) is 4.18. The lowest BCUT2D eigenvalue weighted by Crippen LogP contribution is -2.40. The number of anilines is 2. The molecule has 0 aliphatic carbocycles. The number of benzene rings is 2. The normalized spacial score (nSPS) is 14.0. The van der Waals surface area contributed by atoms with Crippen molar-refractivity contribution < 1.29 is 9.53 Å². The van der Waals surface area contributed by atoms with Crippen molar-refractivity contribution in [3.8, 4) is 11.3 Å². The number of nitrogens with one attached hydrogen (secondary N) is 1. The molecule has 2 aromatic carbocycles. The maximum Gasteiger partial charge on any atom is 0.254 e. The fraction of sp³-hybridized carbons (Fsp3) is 0.208. The van der Waals surface area contributed by atoms with Gasteiger partial charge < -0.3 is 15.0 Å². The SMILES string of the molecule is CSc1ccc(-c2nc3cnccn3c2Nc2ccc(C(=O)N3CCOCC3)cc2)cc1. The molecule has 1 N–H and O–H groups in total. The van der Waals surface area contributed by atoms with E-state index in [1.807, 2.05) is 39.8 Å². The van der Waals surface area contributed by atoms with E-state index in [0.29, 0.717) is 31.9 Å². The van der Waals surface area contributed by atoms with Gasteiger partial charge in [-0.3, -0.25) is 14.2 Å². The van der Waals surface area contributed by atoms with Crippen molar-refractivity contribution in [1.82, 2.24) is 19.3 Å². The molecule has 1 aliphatic heterocycles. The van der Waals surface area contributed by atoms with Crippen LogP contribution in [0.4, 0.5) is 11.5 Å². The van der Waals surface area contributed by atoms with Gasteiger partial charge in [0, 0.05) is 47.2 Å². The van der Waals surface area contributed by atoms with E-state index in [9.17, 15) is 4.79 Å². The standard InChI is InChI=1S/C24H23N5O2S/c1-32-20-8-4-17(5-9-20)22-23(29-11-10-25-16-21(29)27-22)26-19-6-2-18(3-7-19)24(30)28-12-14-31-15-13-28/h2-11,16,26H,12-15H2,1H3. The molecule has 1 amide bonds. The Bertz CT molecular complexity index is 1230. The van der Waals surface area contributed by atoms with Gasteiger partial charge in [0.25, 0.3) is 5.91 Å². The molecule has 1 fully saturated rings. The Morgan fingerprint density at radius 3 is 2.53 bits per heavy atom. The zero-order valence-electron chi connectivity index (χ0n) is 17.7. The first kappa shape index (κ1) is 20.5. The largest absolute Gasteiger partial charge is 0.378 e. The van der Waals surface area contributed by atoms with E-state index in [-0.39, 0.29) is 5.91 Å². The monoisotopic (exact) mass is 445 g/mol. The average molecular weight is 446 g/mol. The van der Waals surface area contributed by atoms with Crippen LogP contribution in [-0.4, -0.2) is 57.7 Å². The summed E-state index contributed by atoms with van der Waals surface area (Å²) < 4.78 is 7.33. The molecule has 0 bridgehead atoms. The third kappa shape index (κ3) is 4.06. The number of imidazole rings is 1. The molecule has 0 unspecified atom stereocenters. The lowest BCUT2D eigenvalue weighted by molar-refractivity contribution is 0.0303. The maximum atomic E-state index is 12.7. The molecule has 5 rings (SSSR count). The Morgan fingerprint density at radius 2 is 1.81 bits per heavy atom. The van der Waals surface area contributed by atoms with E-state index in [1.165, 1.54) is 4.90 Å². The fourth-order valence-electron chi connectivity index (χ4n) is 3.76. The van der Waals surface area contributed by atoms with Gasteiger partial charge in [0.2, 0.25) is 0 Å². The molecular weight excluding hydrogens is 422 g/mol. The first-order valence-corrected chi connectivity index (χ1v) is 11.7. The van der Waals surface area contributed by atoms with E-state index in [4.69, 9.17) is 9.72 Å². The van der Waals surface area contributed by atoms with Crippen LogP contribution < -0.4 is 5.32 Å². The maximum absolute atomic E-state index is 12.7. The molecule has 0 spiro atoms. The van der Waals surface area contributed by atoms with Crippen LogP contribution in [0.25, 0.3) is 16.9 Å². The van der Waals surface area contributed by atoms with Gasteiger partial charge in [-0.05, 0) is 42.7 Å². The van der Waals surface area contributed by atoms with Crippen LogP contribution in [0.1, 0.15) is 10.4 Å². The van der Waals surface area contributed by atoms with Crippen molar-refractivity contribution in [2.24, 2.45) is 0 Å². The van der Waals surface area contributed by atoms with E-state index in [0.717, 1.165) is 28.4 Å². The van der Waals surface area contributed by atoms with Crippen LogP contribution in [0.15, 0.2) is 72.0 Å². The zero-order chi connectivity index (χ0) is 21.9. The summed E-state index contributed by atoms with van der Waals surface area (Å²) >= 11 is 1.71. The minimum atomic E-state index is 0.0373. The molecule has 8 heteroatoms. The van der Waals surface area contributed by atoms with Gasteiger partial charge in [-0.25, -0.2) is 4.98 Å². The number of hydrogen-bond acceptors (Lipinski definition) is 6. The number of rotatable bonds is 5. The number of aromatic nitrogens is 3. The van der Waals surface area contributed by atoms with E-state index in [1.54, 1.807) is 24.2 Å². The predicted molar refractivity (Wildman–Crippen MR) is 127 cm³/mol.